The van der Waals surface area contributed by atoms with Crippen molar-refractivity contribution in [2.45, 2.75) is 72.6 Å². The van der Waals surface area contributed by atoms with Crippen molar-refractivity contribution >= 4 is 17.9 Å². The van der Waals surface area contributed by atoms with Crippen molar-refractivity contribution in [2.24, 2.45) is 17.8 Å². The lowest BCUT2D eigenvalue weighted by Gasteiger charge is -2.44. The maximum absolute atomic E-state index is 11.8. The molecule has 7 nitrogen and oxygen atoms in total. The van der Waals surface area contributed by atoms with Gasteiger partial charge in [-0.05, 0) is 25.7 Å². The summed E-state index contributed by atoms with van der Waals surface area (Å²) < 4.78 is 0.167. The normalized spacial score (nSPS) is 16.7. The van der Waals surface area contributed by atoms with E-state index in [0.717, 1.165) is 19.3 Å². The first-order valence-corrected chi connectivity index (χ1v) is 11.3. The molecule has 7 heteroatoms. The van der Waals surface area contributed by atoms with Crippen LogP contribution in [0.15, 0.2) is 12.2 Å². The van der Waals surface area contributed by atoms with Crippen molar-refractivity contribution in [2.75, 3.05) is 26.2 Å². The lowest BCUT2D eigenvalue weighted by atomic mass is 9.96. The van der Waals surface area contributed by atoms with Crippen LogP contribution in [-0.2, 0) is 14.4 Å². The molecule has 0 heterocycles. The second-order valence-corrected chi connectivity index (χ2v) is 8.33. The Morgan fingerprint density at radius 3 is 1.60 bits per heavy atom. The first-order chi connectivity index (χ1) is 14.2. The first kappa shape index (κ1) is 28.1. The van der Waals surface area contributed by atoms with Gasteiger partial charge in [-0.25, -0.2) is 0 Å². The summed E-state index contributed by atoms with van der Waals surface area (Å²) >= 11 is 0. The van der Waals surface area contributed by atoms with Gasteiger partial charge in [-0.2, -0.15) is 0 Å². The highest BCUT2D eigenvalue weighted by Crippen LogP contribution is 2.24. The van der Waals surface area contributed by atoms with E-state index >= 15 is 0 Å². The van der Waals surface area contributed by atoms with Crippen LogP contribution in [0.4, 0.5) is 0 Å². The topological polar surface area (TPSA) is 115 Å². The molecule has 0 aromatic carbocycles. The van der Waals surface area contributed by atoms with Crippen LogP contribution in [0.1, 0.15) is 72.6 Å². The number of carbonyl (C=O) groups is 3. The summed E-state index contributed by atoms with van der Waals surface area (Å²) in [5.74, 6) is -5.07. The molecular weight excluding hydrogens is 386 g/mol. The van der Waals surface area contributed by atoms with Crippen molar-refractivity contribution in [3.05, 3.63) is 12.2 Å². The number of aliphatic carboxylic acids is 3. The number of unbranched alkanes of at least 4 members (excludes halogenated alkanes) is 2. The summed E-state index contributed by atoms with van der Waals surface area (Å²) in [4.78, 5) is 35.2. The van der Waals surface area contributed by atoms with Gasteiger partial charge < -0.3 is 24.6 Å². The van der Waals surface area contributed by atoms with Gasteiger partial charge in [-0.1, -0.05) is 52.7 Å². The fourth-order valence-electron chi connectivity index (χ4n) is 3.94. The Hall–Kier alpha value is -1.89. The molecule has 0 amide bonds. The van der Waals surface area contributed by atoms with Crippen LogP contribution in [0.2, 0.25) is 0 Å². The molecule has 0 saturated carbocycles. The van der Waals surface area contributed by atoms with E-state index in [2.05, 4.69) is 13.0 Å². The van der Waals surface area contributed by atoms with Gasteiger partial charge in [0.15, 0.2) is 0 Å². The molecule has 0 rings (SSSR count). The smallest absolute Gasteiger partial charge is 0.312 e. The number of carboxylic acid groups (broad SMARTS) is 3. The quantitative estimate of drug-likeness (QED) is 0.197. The molecule has 0 radical (unpaired) electrons. The SMILES string of the molecule is CCCC/C=C/CC[N+](CC(CC)C(=O)[O-])(CC(CC)C(=O)O)CC(CC)C(=O)O. The molecule has 0 aliphatic rings. The monoisotopic (exact) mass is 427 g/mol. The van der Waals surface area contributed by atoms with Crippen molar-refractivity contribution in [3.8, 4) is 0 Å². The summed E-state index contributed by atoms with van der Waals surface area (Å²) in [6.07, 6.45) is 9.13. The standard InChI is InChI=1S/C23H41NO6/c1-5-9-10-11-12-13-14-24(15-18(6-2)21(25)26,16-19(7-3)22(27)28)17-20(8-4)23(29)30/h11-12,18-20H,5-10,13-17H2,1-4H3,(H2-,25,26,27,28,29,30)/b12-11+. The van der Waals surface area contributed by atoms with E-state index in [-0.39, 0.29) is 24.1 Å². The van der Waals surface area contributed by atoms with Gasteiger partial charge in [0.25, 0.3) is 0 Å². The van der Waals surface area contributed by atoms with Gasteiger partial charge in [-0.3, -0.25) is 9.59 Å². The predicted octanol–water partition coefficient (Wildman–Crippen LogP) is 2.94. The van der Waals surface area contributed by atoms with Crippen molar-refractivity contribution < 1.29 is 34.2 Å². The third-order valence-electron chi connectivity index (χ3n) is 5.99. The molecule has 0 aliphatic carbocycles. The molecule has 0 aliphatic heterocycles. The van der Waals surface area contributed by atoms with Crippen LogP contribution in [0, 0.1) is 17.8 Å². The fraction of sp³-hybridized carbons (Fsp3) is 0.783. The summed E-state index contributed by atoms with van der Waals surface area (Å²) in [5, 5.41) is 30.9. The van der Waals surface area contributed by atoms with E-state index in [1.165, 1.54) is 0 Å². The third kappa shape index (κ3) is 10.2. The minimum Gasteiger partial charge on any atom is -0.550 e. The minimum absolute atomic E-state index is 0.167. The van der Waals surface area contributed by atoms with Crippen LogP contribution in [0.3, 0.4) is 0 Å². The van der Waals surface area contributed by atoms with Gasteiger partial charge in [0.05, 0.1) is 32.1 Å². The van der Waals surface area contributed by atoms with Crippen molar-refractivity contribution in [3.63, 3.8) is 0 Å². The lowest BCUT2D eigenvalue weighted by Crippen LogP contribution is -2.59. The van der Waals surface area contributed by atoms with Crippen molar-refractivity contribution in [1.29, 1.82) is 0 Å². The predicted molar refractivity (Wildman–Crippen MR) is 115 cm³/mol. The molecule has 0 aromatic rings. The lowest BCUT2D eigenvalue weighted by molar-refractivity contribution is -0.934. The number of nitrogens with zero attached hydrogens (tertiary/aromatic N) is 1. The molecule has 30 heavy (non-hydrogen) atoms. The van der Waals surface area contributed by atoms with E-state index in [1.807, 2.05) is 6.08 Å². The zero-order valence-electron chi connectivity index (χ0n) is 19.1. The van der Waals surface area contributed by atoms with Crippen LogP contribution < -0.4 is 5.11 Å². The summed E-state index contributed by atoms with van der Waals surface area (Å²) in [6.45, 7) is 8.63. The largest absolute Gasteiger partial charge is 0.550 e. The van der Waals surface area contributed by atoms with Gasteiger partial charge >= 0.3 is 11.9 Å². The highest BCUT2D eigenvalue weighted by molar-refractivity contribution is 5.70. The summed E-state index contributed by atoms with van der Waals surface area (Å²) in [5.41, 5.74) is 0. The van der Waals surface area contributed by atoms with Crippen molar-refractivity contribution in [1.82, 2.24) is 0 Å². The van der Waals surface area contributed by atoms with Crippen LogP contribution >= 0.6 is 0 Å². The molecule has 0 bridgehead atoms. The second kappa shape index (κ2) is 15.0. The van der Waals surface area contributed by atoms with Gasteiger partial charge in [-0.15, -0.1) is 0 Å². The number of allylic oxidation sites excluding steroid dienone is 1. The number of carbonyl (C=O) groups excluding carboxylic acids is 1. The number of quaternary nitrogens is 1. The molecule has 3 atom stereocenters. The van der Waals surface area contributed by atoms with Gasteiger partial charge in [0.2, 0.25) is 0 Å². The van der Waals surface area contributed by atoms with E-state index in [1.54, 1.807) is 20.8 Å². The van der Waals surface area contributed by atoms with Crippen LogP contribution in [0.5, 0.6) is 0 Å². The Morgan fingerprint density at radius 1 is 0.800 bits per heavy atom. The summed E-state index contributed by atoms with van der Waals surface area (Å²) in [6, 6.07) is 0. The average molecular weight is 428 g/mol. The highest BCUT2D eigenvalue weighted by Gasteiger charge is 2.38. The zero-order valence-corrected chi connectivity index (χ0v) is 19.1. The van der Waals surface area contributed by atoms with E-state index in [9.17, 15) is 29.7 Å². The molecule has 0 aromatic heterocycles. The Kier molecular flexibility index (Phi) is 14.0. The second-order valence-electron chi connectivity index (χ2n) is 8.33. The van der Waals surface area contributed by atoms with E-state index in [0.29, 0.717) is 32.2 Å². The Morgan fingerprint density at radius 2 is 1.23 bits per heavy atom. The number of carboxylic acids is 3. The highest BCUT2D eigenvalue weighted by atomic mass is 16.4. The molecule has 0 saturated heterocycles. The Bertz CT molecular complexity index is 500. The number of rotatable bonds is 18. The number of hydrogen-bond donors (Lipinski definition) is 2. The average Bonchev–Trinajstić information content (AvgIpc) is 2.70. The maximum Gasteiger partial charge on any atom is 0.312 e. The molecule has 174 valence electrons. The molecule has 3 unspecified atom stereocenters. The fourth-order valence-corrected chi connectivity index (χ4v) is 3.94. The molecule has 0 spiro atoms. The molecule has 0 fully saturated rings. The third-order valence-corrected chi connectivity index (χ3v) is 5.99. The van der Waals surface area contributed by atoms with E-state index < -0.39 is 35.7 Å². The van der Waals surface area contributed by atoms with E-state index in [4.69, 9.17) is 0 Å². The maximum atomic E-state index is 11.8. The molecule has 2 N–H and O–H groups in total. The number of hydrogen-bond acceptors (Lipinski definition) is 4. The summed E-state index contributed by atoms with van der Waals surface area (Å²) in [7, 11) is 0. The Balaban J connectivity index is 5.93. The van der Waals surface area contributed by atoms with Crippen LogP contribution in [0.25, 0.3) is 0 Å². The van der Waals surface area contributed by atoms with Gasteiger partial charge in [0, 0.05) is 12.3 Å². The van der Waals surface area contributed by atoms with Gasteiger partial charge in [0.1, 0.15) is 11.8 Å². The Labute approximate surface area is 181 Å². The first-order valence-electron chi connectivity index (χ1n) is 11.3. The minimum atomic E-state index is -1.16. The van der Waals surface area contributed by atoms with Crippen LogP contribution in [-0.4, -0.2) is 58.8 Å². The zero-order chi connectivity index (χ0) is 23.2. The molecular formula is C23H41NO6.